The van der Waals surface area contributed by atoms with E-state index in [9.17, 15) is 9.18 Å². The zero-order valence-corrected chi connectivity index (χ0v) is 16.2. The fourth-order valence-corrected chi connectivity index (χ4v) is 4.18. The van der Waals surface area contributed by atoms with Crippen molar-refractivity contribution in [3.8, 4) is 5.75 Å². The summed E-state index contributed by atoms with van der Waals surface area (Å²) < 4.78 is 18.5. The Morgan fingerprint density at radius 2 is 1.86 bits per heavy atom. The first-order valence-electron chi connectivity index (χ1n) is 10.0. The number of ether oxygens (including phenoxy) is 1. The van der Waals surface area contributed by atoms with Gasteiger partial charge in [0.05, 0.1) is 7.11 Å². The first kappa shape index (κ1) is 18.9. The highest BCUT2D eigenvalue weighted by atomic mass is 19.1. The van der Waals surface area contributed by atoms with Crippen LogP contribution in [0.4, 0.5) is 4.39 Å². The molecule has 0 bridgehead atoms. The van der Waals surface area contributed by atoms with Crippen molar-refractivity contribution in [3.05, 3.63) is 65.5 Å². The van der Waals surface area contributed by atoms with Crippen LogP contribution in [0.15, 0.2) is 48.5 Å². The maximum Gasteiger partial charge on any atom is 0.223 e. The van der Waals surface area contributed by atoms with Gasteiger partial charge in [0, 0.05) is 37.2 Å². The number of nitrogens with one attached hydrogen (secondary N) is 1. The minimum absolute atomic E-state index is 0.0390. The molecule has 4 nitrogen and oxygen atoms in total. The van der Waals surface area contributed by atoms with E-state index in [1.165, 1.54) is 17.7 Å². The molecule has 1 aliphatic carbocycles. The number of para-hydroxylation sites is 1. The number of methoxy groups -OCH3 is 1. The Hall–Kier alpha value is -2.40. The Labute approximate surface area is 165 Å². The van der Waals surface area contributed by atoms with Gasteiger partial charge in [0.2, 0.25) is 5.91 Å². The van der Waals surface area contributed by atoms with Crippen molar-refractivity contribution in [2.75, 3.05) is 20.2 Å². The molecule has 1 heterocycles. The van der Waals surface area contributed by atoms with E-state index in [4.69, 9.17) is 4.74 Å². The molecule has 1 saturated carbocycles. The second kappa shape index (κ2) is 8.31. The van der Waals surface area contributed by atoms with Gasteiger partial charge >= 0.3 is 0 Å². The summed E-state index contributed by atoms with van der Waals surface area (Å²) in [7, 11) is 1.71. The van der Waals surface area contributed by atoms with Gasteiger partial charge in [-0.05, 0) is 48.9 Å². The van der Waals surface area contributed by atoms with Crippen molar-refractivity contribution >= 4 is 5.91 Å². The molecule has 2 aromatic rings. The molecule has 1 amide bonds. The third-order valence-electron chi connectivity index (χ3n) is 5.95. The zero-order chi connectivity index (χ0) is 19.5. The fraction of sp³-hybridized carbons (Fsp3) is 0.435. The van der Waals surface area contributed by atoms with E-state index in [0.717, 1.165) is 50.2 Å². The first-order valence-corrected chi connectivity index (χ1v) is 10.0. The third kappa shape index (κ3) is 4.36. The number of carbonyl (C=O) groups is 1. The molecule has 1 N–H and O–H groups in total. The second-order valence-electron chi connectivity index (χ2n) is 7.87. The SMILES string of the molecule is COc1ccccc1CN1CCC(NC(=O)C2CC2c2ccc(F)cc2)CC1. The lowest BCUT2D eigenvalue weighted by Crippen LogP contribution is -2.44. The van der Waals surface area contributed by atoms with Gasteiger partial charge in [-0.15, -0.1) is 0 Å². The van der Waals surface area contributed by atoms with Crippen LogP contribution >= 0.6 is 0 Å². The molecule has 2 aliphatic rings. The Morgan fingerprint density at radius 1 is 1.14 bits per heavy atom. The number of hydrogen-bond acceptors (Lipinski definition) is 3. The standard InChI is InChI=1S/C23H27FN2O2/c1-28-22-5-3-2-4-17(22)15-26-12-10-19(11-13-26)25-23(27)21-14-20(21)16-6-8-18(24)9-7-16/h2-9,19-21H,10-15H2,1H3,(H,25,27). The first-order chi connectivity index (χ1) is 13.6. The topological polar surface area (TPSA) is 41.6 Å². The quantitative estimate of drug-likeness (QED) is 0.828. The van der Waals surface area contributed by atoms with E-state index in [1.807, 2.05) is 18.2 Å². The molecule has 0 radical (unpaired) electrons. The van der Waals surface area contributed by atoms with Gasteiger partial charge in [0.1, 0.15) is 11.6 Å². The number of carbonyl (C=O) groups excluding carboxylic acids is 1. The monoisotopic (exact) mass is 382 g/mol. The molecule has 5 heteroatoms. The van der Waals surface area contributed by atoms with Gasteiger partial charge in [-0.1, -0.05) is 30.3 Å². The molecule has 0 aromatic heterocycles. The van der Waals surface area contributed by atoms with Crippen LogP contribution in [0.5, 0.6) is 5.75 Å². The summed E-state index contributed by atoms with van der Waals surface area (Å²) in [4.78, 5) is 15.0. The van der Waals surface area contributed by atoms with Crippen molar-refractivity contribution in [1.82, 2.24) is 10.2 Å². The average Bonchev–Trinajstić information content (AvgIpc) is 3.51. The number of amides is 1. The molecule has 4 rings (SSSR count). The van der Waals surface area contributed by atoms with Crippen molar-refractivity contribution in [2.45, 2.75) is 37.8 Å². The van der Waals surface area contributed by atoms with Gasteiger partial charge in [0.25, 0.3) is 0 Å². The molecule has 28 heavy (non-hydrogen) atoms. The lowest BCUT2D eigenvalue weighted by molar-refractivity contribution is -0.123. The Kier molecular flexibility index (Phi) is 5.62. The normalized spacial score (nSPS) is 22.6. The minimum Gasteiger partial charge on any atom is -0.496 e. The van der Waals surface area contributed by atoms with E-state index in [2.05, 4.69) is 16.3 Å². The van der Waals surface area contributed by atoms with Crippen molar-refractivity contribution in [1.29, 1.82) is 0 Å². The van der Waals surface area contributed by atoms with Crippen LogP contribution < -0.4 is 10.1 Å². The lowest BCUT2D eigenvalue weighted by atomic mass is 10.0. The number of benzene rings is 2. The number of piperidine rings is 1. The van der Waals surface area contributed by atoms with E-state index >= 15 is 0 Å². The molecule has 148 valence electrons. The number of nitrogens with zero attached hydrogens (tertiary/aromatic N) is 1. The smallest absolute Gasteiger partial charge is 0.223 e. The predicted molar refractivity (Wildman–Crippen MR) is 107 cm³/mol. The van der Waals surface area contributed by atoms with Crippen LogP contribution in [-0.2, 0) is 11.3 Å². The number of halogens is 1. The van der Waals surface area contributed by atoms with Gasteiger partial charge in [-0.2, -0.15) is 0 Å². The Morgan fingerprint density at radius 3 is 2.57 bits per heavy atom. The Bertz CT molecular complexity index is 816. The summed E-state index contributed by atoms with van der Waals surface area (Å²) in [6, 6.07) is 14.9. The average molecular weight is 382 g/mol. The van der Waals surface area contributed by atoms with Gasteiger partial charge < -0.3 is 10.1 Å². The van der Waals surface area contributed by atoms with Crippen LogP contribution in [0.25, 0.3) is 0 Å². The molecule has 1 saturated heterocycles. The summed E-state index contributed by atoms with van der Waals surface area (Å²) in [6.45, 7) is 2.81. The van der Waals surface area contributed by atoms with Crippen LogP contribution in [0, 0.1) is 11.7 Å². The van der Waals surface area contributed by atoms with E-state index < -0.39 is 0 Å². The van der Waals surface area contributed by atoms with Gasteiger partial charge in [-0.25, -0.2) is 4.39 Å². The number of likely N-dealkylation sites (tertiary alicyclic amines) is 1. The summed E-state index contributed by atoms with van der Waals surface area (Å²) in [5.41, 5.74) is 2.26. The fourth-order valence-electron chi connectivity index (χ4n) is 4.18. The zero-order valence-electron chi connectivity index (χ0n) is 16.2. The maximum absolute atomic E-state index is 13.1. The van der Waals surface area contributed by atoms with Crippen molar-refractivity contribution in [2.24, 2.45) is 5.92 Å². The molecular weight excluding hydrogens is 355 g/mol. The molecule has 1 aliphatic heterocycles. The molecule has 0 spiro atoms. The molecule has 2 aromatic carbocycles. The minimum atomic E-state index is -0.231. The number of rotatable bonds is 6. The highest BCUT2D eigenvalue weighted by Crippen LogP contribution is 2.47. The van der Waals surface area contributed by atoms with Gasteiger partial charge in [-0.3, -0.25) is 9.69 Å². The maximum atomic E-state index is 13.1. The summed E-state index contributed by atoms with van der Waals surface area (Å²) in [5, 5.41) is 3.23. The van der Waals surface area contributed by atoms with Crippen molar-refractivity contribution < 1.29 is 13.9 Å². The highest BCUT2D eigenvalue weighted by molar-refractivity contribution is 5.83. The predicted octanol–water partition coefficient (Wildman–Crippen LogP) is 3.72. The molecule has 2 fully saturated rings. The molecular formula is C23H27FN2O2. The summed E-state index contributed by atoms with van der Waals surface area (Å²) >= 11 is 0. The Balaban J connectivity index is 1.23. The van der Waals surface area contributed by atoms with E-state index in [0.29, 0.717) is 0 Å². The lowest BCUT2D eigenvalue weighted by Gasteiger charge is -2.32. The van der Waals surface area contributed by atoms with Crippen LogP contribution in [0.2, 0.25) is 0 Å². The van der Waals surface area contributed by atoms with E-state index in [-0.39, 0.29) is 29.6 Å². The van der Waals surface area contributed by atoms with Crippen molar-refractivity contribution in [3.63, 3.8) is 0 Å². The molecule has 2 atom stereocenters. The van der Waals surface area contributed by atoms with Gasteiger partial charge in [0.15, 0.2) is 0 Å². The summed E-state index contributed by atoms with van der Waals surface area (Å²) in [6.07, 6.45) is 2.80. The third-order valence-corrected chi connectivity index (χ3v) is 5.95. The second-order valence-corrected chi connectivity index (χ2v) is 7.87. The van der Waals surface area contributed by atoms with Crippen LogP contribution in [-0.4, -0.2) is 37.0 Å². The number of hydrogen-bond donors (Lipinski definition) is 1. The van der Waals surface area contributed by atoms with E-state index in [1.54, 1.807) is 19.2 Å². The molecule has 2 unspecified atom stereocenters. The van der Waals surface area contributed by atoms with Crippen LogP contribution in [0.1, 0.15) is 36.3 Å². The summed E-state index contributed by atoms with van der Waals surface area (Å²) in [5.74, 6) is 1.13. The van der Waals surface area contributed by atoms with Crippen LogP contribution in [0.3, 0.4) is 0 Å². The highest BCUT2D eigenvalue weighted by Gasteiger charge is 2.44. The largest absolute Gasteiger partial charge is 0.496 e.